The summed E-state index contributed by atoms with van der Waals surface area (Å²) < 4.78 is 0. The normalized spacial score (nSPS) is 26.8. The van der Waals surface area contributed by atoms with Crippen molar-refractivity contribution < 1.29 is 4.79 Å². The van der Waals surface area contributed by atoms with Crippen LogP contribution in [0.3, 0.4) is 0 Å². The number of carbonyl (C=O) groups excluding carboxylic acids is 1. The van der Waals surface area contributed by atoms with E-state index in [1.807, 2.05) is 14.1 Å². The zero-order chi connectivity index (χ0) is 9.14. The van der Waals surface area contributed by atoms with Crippen molar-refractivity contribution in [2.75, 3.05) is 40.8 Å². The SMILES string of the molecule is CN(C)C1N(C)CCN1CC=O. The third-order valence-corrected chi connectivity index (χ3v) is 2.23. The molecule has 0 bridgehead atoms. The number of nitrogens with zero attached hydrogens (tertiary/aromatic N) is 3. The topological polar surface area (TPSA) is 26.8 Å². The maximum Gasteiger partial charge on any atom is 0.134 e. The first-order valence-corrected chi connectivity index (χ1v) is 4.21. The molecule has 0 amide bonds. The Labute approximate surface area is 73.7 Å². The van der Waals surface area contributed by atoms with Gasteiger partial charge in [-0.3, -0.25) is 14.7 Å². The first-order chi connectivity index (χ1) is 5.66. The summed E-state index contributed by atoms with van der Waals surface area (Å²) >= 11 is 0. The number of likely N-dealkylation sites (N-methyl/N-ethyl adjacent to an activating group) is 1. The minimum atomic E-state index is 0.287. The molecular formula is C8H17N3O. The lowest BCUT2D eigenvalue weighted by atomic mass is 10.5. The van der Waals surface area contributed by atoms with Gasteiger partial charge in [-0.05, 0) is 21.1 Å². The molecule has 1 rings (SSSR count). The van der Waals surface area contributed by atoms with E-state index in [4.69, 9.17) is 0 Å². The Morgan fingerprint density at radius 2 is 2.17 bits per heavy atom. The summed E-state index contributed by atoms with van der Waals surface area (Å²) in [7, 11) is 6.14. The summed E-state index contributed by atoms with van der Waals surface area (Å²) in [6.07, 6.45) is 1.26. The van der Waals surface area contributed by atoms with Gasteiger partial charge < -0.3 is 4.79 Å². The molecule has 4 nitrogen and oxygen atoms in total. The first kappa shape index (κ1) is 9.64. The molecule has 0 spiro atoms. The average molecular weight is 171 g/mol. The van der Waals surface area contributed by atoms with Crippen molar-refractivity contribution in [3.63, 3.8) is 0 Å². The molecule has 1 aliphatic heterocycles. The van der Waals surface area contributed by atoms with E-state index in [-0.39, 0.29) is 6.29 Å². The molecular weight excluding hydrogens is 154 g/mol. The molecule has 0 aromatic heterocycles. The van der Waals surface area contributed by atoms with E-state index in [0.717, 1.165) is 19.4 Å². The quantitative estimate of drug-likeness (QED) is 0.524. The molecule has 1 saturated heterocycles. The lowest BCUT2D eigenvalue weighted by Gasteiger charge is -2.32. The highest BCUT2D eigenvalue weighted by molar-refractivity contribution is 5.52. The van der Waals surface area contributed by atoms with Crippen molar-refractivity contribution in [2.45, 2.75) is 6.29 Å². The van der Waals surface area contributed by atoms with Gasteiger partial charge in [0.05, 0.1) is 6.54 Å². The maximum absolute atomic E-state index is 10.4. The number of rotatable bonds is 3. The predicted molar refractivity (Wildman–Crippen MR) is 47.7 cm³/mol. The first-order valence-electron chi connectivity index (χ1n) is 4.21. The van der Waals surface area contributed by atoms with Crippen LogP contribution in [-0.2, 0) is 4.79 Å². The summed E-state index contributed by atoms with van der Waals surface area (Å²) in [5, 5.41) is 0. The van der Waals surface area contributed by atoms with Gasteiger partial charge in [-0.25, -0.2) is 0 Å². The fourth-order valence-corrected chi connectivity index (χ4v) is 1.80. The van der Waals surface area contributed by atoms with E-state index >= 15 is 0 Å². The van der Waals surface area contributed by atoms with Crippen molar-refractivity contribution in [1.82, 2.24) is 14.7 Å². The van der Waals surface area contributed by atoms with Gasteiger partial charge in [-0.15, -0.1) is 0 Å². The van der Waals surface area contributed by atoms with Crippen LogP contribution in [0.4, 0.5) is 0 Å². The third kappa shape index (κ3) is 1.83. The highest BCUT2D eigenvalue weighted by Gasteiger charge is 2.29. The summed E-state index contributed by atoms with van der Waals surface area (Å²) in [5.41, 5.74) is 0. The van der Waals surface area contributed by atoms with Gasteiger partial charge in [0.1, 0.15) is 12.6 Å². The van der Waals surface area contributed by atoms with Gasteiger partial charge in [0.2, 0.25) is 0 Å². The van der Waals surface area contributed by atoms with E-state index in [2.05, 4.69) is 21.7 Å². The molecule has 1 atom stereocenters. The van der Waals surface area contributed by atoms with E-state index in [1.54, 1.807) is 0 Å². The van der Waals surface area contributed by atoms with Crippen molar-refractivity contribution >= 4 is 6.29 Å². The van der Waals surface area contributed by atoms with E-state index in [0.29, 0.717) is 6.54 Å². The number of aldehydes is 1. The minimum absolute atomic E-state index is 0.287. The van der Waals surface area contributed by atoms with Gasteiger partial charge in [-0.1, -0.05) is 0 Å². The Morgan fingerprint density at radius 3 is 2.67 bits per heavy atom. The molecule has 4 heteroatoms. The molecule has 0 aliphatic carbocycles. The lowest BCUT2D eigenvalue weighted by molar-refractivity contribution is -0.110. The summed E-state index contributed by atoms with van der Waals surface area (Å²) in [5.74, 6) is 0. The van der Waals surface area contributed by atoms with Crippen LogP contribution in [0, 0.1) is 0 Å². The molecule has 0 radical (unpaired) electrons. The van der Waals surface area contributed by atoms with Crippen LogP contribution in [0.2, 0.25) is 0 Å². The van der Waals surface area contributed by atoms with Crippen molar-refractivity contribution in [1.29, 1.82) is 0 Å². The molecule has 1 heterocycles. The average Bonchev–Trinajstić information content (AvgIpc) is 2.32. The molecule has 70 valence electrons. The number of hydrogen-bond acceptors (Lipinski definition) is 4. The van der Waals surface area contributed by atoms with Crippen LogP contribution >= 0.6 is 0 Å². The van der Waals surface area contributed by atoms with Crippen LogP contribution in [0.15, 0.2) is 0 Å². The second-order valence-electron chi connectivity index (χ2n) is 3.45. The van der Waals surface area contributed by atoms with Crippen LogP contribution in [0.25, 0.3) is 0 Å². The van der Waals surface area contributed by atoms with Gasteiger partial charge >= 0.3 is 0 Å². The smallest absolute Gasteiger partial charge is 0.134 e. The Balaban J connectivity index is 2.57. The monoisotopic (exact) mass is 171 g/mol. The Hall–Kier alpha value is -0.450. The third-order valence-electron chi connectivity index (χ3n) is 2.23. The zero-order valence-corrected chi connectivity index (χ0v) is 8.03. The second-order valence-corrected chi connectivity index (χ2v) is 3.45. The number of carbonyl (C=O) groups is 1. The standard InChI is InChI=1S/C8H17N3O/c1-9(2)8-10(3)4-5-11(8)6-7-12/h7-8H,4-6H2,1-3H3. The van der Waals surface area contributed by atoms with Crippen LogP contribution in [0.1, 0.15) is 0 Å². The molecule has 12 heavy (non-hydrogen) atoms. The summed E-state index contributed by atoms with van der Waals surface area (Å²) in [4.78, 5) is 16.9. The fourth-order valence-electron chi connectivity index (χ4n) is 1.80. The van der Waals surface area contributed by atoms with E-state index in [9.17, 15) is 4.79 Å². The van der Waals surface area contributed by atoms with Crippen LogP contribution in [0.5, 0.6) is 0 Å². The molecule has 0 saturated carbocycles. The fraction of sp³-hybridized carbons (Fsp3) is 0.875. The van der Waals surface area contributed by atoms with E-state index < -0.39 is 0 Å². The number of hydrogen-bond donors (Lipinski definition) is 0. The summed E-state index contributed by atoms with van der Waals surface area (Å²) in [6.45, 7) is 2.56. The van der Waals surface area contributed by atoms with Crippen molar-refractivity contribution in [3.8, 4) is 0 Å². The van der Waals surface area contributed by atoms with Crippen LogP contribution < -0.4 is 0 Å². The van der Waals surface area contributed by atoms with Gasteiger partial charge in [0.15, 0.2) is 0 Å². The predicted octanol–water partition coefficient (Wildman–Crippen LogP) is -0.722. The van der Waals surface area contributed by atoms with E-state index in [1.165, 1.54) is 0 Å². The second kappa shape index (κ2) is 3.98. The molecule has 1 aliphatic rings. The molecule has 0 aromatic carbocycles. The van der Waals surface area contributed by atoms with Crippen LogP contribution in [-0.4, -0.2) is 68.1 Å². The summed E-state index contributed by atoms with van der Waals surface area (Å²) in [6, 6.07) is 0. The Kier molecular flexibility index (Phi) is 3.20. The maximum atomic E-state index is 10.4. The van der Waals surface area contributed by atoms with Gasteiger partial charge in [0.25, 0.3) is 0 Å². The largest absolute Gasteiger partial charge is 0.302 e. The lowest BCUT2D eigenvalue weighted by Crippen LogP contribution is -2.47. The molecule has 0 N–H and O–H groups in total. The highest BCUT2D eigenvalue weighted by atomic mass is 16.1. The minimum Gasteiger partial charge on any atom is -0.302 e. The van der Waals surface area contributed by atoms with Gasteiger partial charge in [0, 0.05) is 13.1 Å². The van der Waals surface area contributed by atoms with Crippen molar-refractivity contribution in [2.24, 2.45) is 0 Å². The molecule has 0 aromatic rings. The molecule has 1 unspecified atom stereocenters. The Morgan fingerprint density at radius 1 is 1.50 bits per heavy atom. The van der Waals surface area contributed by atoms with Gasteiger partial charge in [-0.2, -0.15) is 0 Å². The molecule has 1 fully saturated rings. The highest BCUT2D eigenvalue weighted by Crippen LogP contribution is 2.12. The van der Waals surface area contributed by atoms with Crippen molar-refractivity contribution in [3.05, 3.63) is 0 Å². The Bertz CT molecular complexity index is 160. The zero-order valence-electron chi connectivity index (χ0n) is 8.03.